The Hall–Kier alpha value is -1.15. The summed E-state index contributed by atoms with van der Waals surface area (Å²) in [6.45, 7) is 0. The molecule has 0 saturated carbocycles. The number of anilines is 3. The summed E-state index contributed by atoms with van der Waals surface area (Å²) in [6, 6.07) is 5.84. The van der Waals surface area contributed by atoms with Gasteiger partial charge in [0, 0.05) is 9.64 Å². The summed E-state index contributed by atoms with van der Waals surface area (Å²) < 4.78 is 27.4. The number of nitrogens with zero attached hydrogens (tertiary/aromatic N) is 1. The Morgan fingerprint density at radius 3 is 2.61 bits per heavy atom. The van der Waals surface area contributed by atoms with E-state index >= 15 is 0 Å². The summed E-state index contributed by atoms with van der Waals surface area (Å²) in [5.74, 6) is -2.28. The second kappa shape index (κ2) is 5.23. The first-order chi connectivity index (χ1) is 8.47. The molecule has 0 radical (unpaired) electrons. The van der Waals surface area contributed by atoms with Crippen molar-refractivity contribution in [2.75, 3.05) is 11.1 Å². The van der Waals surface area contributed by atoms with Crippen LogP contribution in [0.4, 0.5) is 26.1 Å². The van der Waals surface area contributed by atoms with Gasteiger partial charge in [-0.15, -0.1) is 0 Å². The maximum Gasteiger partial charge on any atom is 0.169 e. The summed E-state index contributed by atoms with van der Waals surface area (Å²) in [4.78, 5) is 3.59. The molecule has 0 amide bonds. The van der Waals surface area contributed by atoms with E-state index in [1.165, 1.54) is 0 Å². The van der Waals surface area contributed by atoms with Crippen LogP contribution in [0, 0.1) is 15.2 Å². The van der Waals surface area contributed by atoms with E-state index < -0.39 is 11.6 Å². The second-order valence-electron chi connectivity index (χ2n) is 3.44. The van der Waals surface area contributed by atoms with Crippen LogP contribution >= 0.6 is 34.2 Å². The van der Waals surface area contributed by atoms with Crippen LogP contribution in [0.25, 0.3) is 0 Å². The quantitative estimate of drug-likeness (QED) is 0.775. The molecule has 18 heavy (non-hydrogen) atoms. The molecule has 1 aromatic carbocycles. The summed E-state index contributed by atoms with van der Waals surface area (Å²) in [6.07, 6.45) is 0. The monoisotopic (exact) mass is 381 g/mol. The predicted molar refractivity (Wildman–Crippen MR) is 76.0 cm³/mol. The van der Waals surface area contributed by atoms with Crippen molar-refractivity contribution in [3.63, 3.8) is 0 Å². The van der Waals surface area contributed by atoms with Crippen molar-refractivity contribution in [3.8, 4) is 0 Å². The third-order valence-electron chi connectivity index (χ3n) is 2.14. The molecule has 0 bridgehead atoms. The molecule has 94 valence electrons. The van der Waals surface area contributed by atoms with Crippen molar-refractivity contribution >= 4 is 51.5 Å². The van der Waals surface area contributed by atoms with Gasteiger partial charge in [-0.05, 0) is 40.8 Å². The average Bonchev–Trinajstić information content (AvgIpc) is 2.29. The van der Waals surface area contributed by atoms with Gasteiger partial charge >= 0.3 is 0 Å². The maximum atomic E-state index is 13.5. The molecule has 0 spiro atoms. The predicted octanol–water partition coefficient (Wildman–Crippen LogP) is 3.94. The number of nitrogen functional groups attached to an aromatic ring is 1. The molecule has 1 aromatic heterocycles. The third kappa shape index (κ3) is 2.81. The van der Waals surface area contributed by atoms with Crippen molar-refractivity contribution in [3.05, 3.63) is 44.5 Å². The van der Waals surface area contributed by atoms with Crippen molar-refractivity contribution < 1.29 is 8.78 Å². The minimum atomic E-state index is -0.897. The van der Waals surface area contributed by atoms with Crippen LogP contribution in [0.15, 0.2) is 24.3 Å². The number of aromatic nitrogens is 1. The van der Waals surface area contributed by atoms with Crippen LogP contribution in [-0.2, 0) is 0 Å². The molecular weight excluding hydrogens is 374 g/mol. The van der Waals surface area contributed by atoms with E-state index in [9.17, 15) is 8.78 Å². The fourth-order valence-corrected chi connectivity index (χ4v) is 2.19. The highest BCUT2D eigenvalue weighted by Gasteiger charge is 2.11. The Balaban J connectivity index is 2.37. The number of hydrogen-bond acceptors (Lipinski definition) is 3. The lowest BCUT2D eigenvalue weighted by Gasteiger charge is -2.09. The van der Waals surface area contributed by atoms with E-state index in [4.69, 9.17) is 17.3 Å². The smallest absolute Gasteiger partial charge is 0.169 e. The highest BCUT2D eigenvalue weighted by molar-refractivity contribution is 14.1. The van der Waals surface area contributed by atoms with Crippen LogP contribution in [0.5, 0.6) is 0 Å². The highest BCUT2D eigenvalue weighted by Crippen LogP contribution is 2.28. The van der Waals surface area contributed by atoms with Crippen molar-refractivity contribution in [1.29, 1.82) is 0 Å². The molecule has 0 saturated heterocycles. The van der Waals surface area contributed by atoms with E-state index in [-0.39, 0.29) is 11.6 Å². The van der Waals surface area contributed by atoms with Crippen LogP contribution in [-0.4, -0.2) is 4.98 Å². The highest BCUT2D eigenvalue weighted by atomic mass is 127. The lowest BCUT2D eigenvalue weighted by Crippen LogP contribution is -2.03. The Bertz CT molecular complexity index is 607. The van der Waals surface area contributed by atoms with Crippen LogP contribution in [0.1, 0.15) is 0 Å². The van der Waals surface area contributed by atoms with Gasteiger partial charge in [0.1, 0.15) is 0 Å². The van der Waals surface area contributed by atoms with Gasteiger partial charge in [-0.1, -0.05) is 11.6 Å². The number of rotatable bonds is 2. The Morgan fingerprint density at radius 1 is 1.22 bits per heavy atom. The summed E-state index contributed by atoms with van der Waals surface area (Å²) in [5.41, 5.74) is 5.75. The topological polar surface area (TPSA) is 50.9 Å². The number of benzene rings is 1. The molecule has 3 N–H and O–H groups in total. The number of pyridine rings is 1. The molecular formula is C11H7ClF2IN3. The molecule has 1 heterocycles. The standard InChI is InChI=1S/C11H7ClF2IN3/c12-6-3-5(15)1-2-9(6)17-11-8(14)4-7(13)10(16)18-11/h1-4H,(H3,16,17,18). The lowest BCUT2D eigenvalue weighted by atomic mass is 10.3. The lowest BCUT2D eigenvalue weighted by molar-refractivity contribution is 0.581. The molecule has 7 heteroatoms. The van der Waals surface area contributed by atoms with Crippen LogP contribution in [0.2, 0.25) is 5.02 Å². The fourth-order valence-electron chi connectivity index (χ4n) is 1.29. The summed E-state index contributed by atoms with van der Waals surface area (Å²) >= 11 is 8.08. The molecule has 0 fully saturated rings. The van der Waals surface area contributed by atoms with Crippen molar-refractivity contribution in [1.82, 2.24) is 4.98 Å². The van der Waals surface area contributed by atoms with Crippen LogP contribution < -0.4 is 11.1 Å². The first kappa shape index (κ1) is 13.3. The second-order valence-corrected chi connectivity index (χ2v) is 5.09. The molecule has 2 rings (SSSR count). The molecule has 0 unspecified atom stereocenters. The molecule has 0 atom stereocenters. The van der Waals surface area contributed by atoms with Gasteiger partial charge in [-0.25, -0.2) is 13.8 Å². The van der Waals surface area contributed by atoms with Gasteiger partial charge in [-0.3, -0.25) is 0 Å². The van der Waals surface area contributed by atoms with E-state index in [1.54, 1.807) is 18.2 Å². The Labute approximate surface area is 120 Å². The largest absolute Gasteiger partial charge is 0.381 e. The third-order valence-corrected chi connectivity index (χ3v) is 3.12. The minimum absolute atomic E-state index is 0.169. The van der Waals surface area contributed by atoms with Gasteiger partial charge in [0.25, 0.3) is 0 Å². The van der Waals surface area contributed by atoms with E-state index in [0.717, 1.165) is 3.57 Å². The molecule has 3 nitrogen and oxygen atoms in total. The van der Waals surface area contributed by atoms with E-state index in [1.807, 2.05) is 0 Å². The number of hydrogen-bond donors (Lipinski definition) is 2. The number of nitrogens with one attached hydrogen (secondary N) is 1. The Kier molecular flexibility index (Phi) is 3.86. The fraction of sp³-hybridized carbons (Fsp3) is 0. The first-order valence-corrected chi connectivity index (χ1v) is 6.26. The van der Waals surface area contributed by atoms with E-state index in [2.05, 4.69) is 32.9 Å². The van der Waals surface area contributed by atoms with Gasteiger partial charge in [-0.2, -0.15) is 0 Å². The van der Waals surface area contributed by atoms with E-state index in [0.29, 0.717) is 16.8 Å². The molecule has 2 aromatic rings. The van der Waals surface area contributed by atoms with Crippen molar-refractivity contribution in [2.45, 2.75) is 0 Å². The summed E-state index contributed by atoms with van der Waals surface area (Å²) in [5, 5.41) is 3.08. The summed E-state index contributed by atoms with van der Waals surface area (Å²) in [7, 11) is 0. The van der Waals surface area contributed by atoms with Crippen molar-refractivity contribution in [2.24, 2.45) is 0 Å². The number of halogens is 4. The minimum Gasteiger partial charge on any atom is -0.381 e. The first-order valence-electron chi connectivity index (χ1n) is 4.81. The van der Waals surface area contributed by atoms with Gasteiger partial charge < -0.3 is 11.1 Å². The zero-order valence-corrected chi connectivity index (χ0v) is 11.8. The molecule has 0 aliphatic rings. The Morgan fingerprint density at radius 2 is 1.94 bits per heavy atom. The number of nitrogens with two attached hydrogens (primary N) is 1. The molecule has 0 aliphatic carbocycles. The SMILES string of the molecule is Nc1nc(Nc2ccc(I)cc2Cl)c(F)cc1F. The zero-order chi connectivity index (χ0) is 13.3. The van der Waals surface area contributed by atoms with Gasteiger partial charge in [0.05, 0.1) is 10.7 Å². The van der Waals surface area contributed by atoms with Gasteiger partial charge in [0.2, 0.25) is 0 Å². The van der Waals surface area contributed by atoms with Gasteiger partial charge in [0.15, 0.2) is 23.3 Å². The zero-order valence-electron chi connectivity index (χ0n) is 8.85. The molecule has 0 aliphatic heterocycles. The normalized spacial score (nSPS) is 10.4. The van der Waals surface area contributed by atoms with Crippen LogP contribution in [0.3, 0.4) is 0 Å². The average molecular weight is 382 g/mol. The maximum absolute atomic E-state index is 13.5.